The van der Waals surface area contributed by atoms with Crippen LogP contribution in [0, 0.1) is 11.3 Å². The number of benzene rings is 2. The molecular weight excluding hydrogens is 476 g/mol. The van der Waals surface area contributed by atoms with Gasteiger partial charge in [0.15, 0.2) is 0 Å². The fourth-order valence-electron chi connectivity index (χ4n) is 4.06. The number of rotatable bonds is 7. The van der Waals surface area contributed by atoms with Crippen molar-refractivity contribution in [2.75, 3.05) is 26.2 Å². The predicted octanol–water partition coefficient (Wildman–Crippen LogP) is 3.27. The zero-order chi connectivity index (χ0) is 24.3. The number of sulfonamides is 1. The summed E-state index contributed by atoms with van der Waals surface area (Å²) in [5.74, 6) is -1.05. The monoisotopic (exact) mass is 498 g/mol. The molecule has 0 saturated carbocycles. The highest BCUT2D eigenvalue weighted by Crippen LogP contribution is 2.31. The lowest BCUT2D eigenvalue weighted by Crippen LogP contribution is -2.48. The fourth-order valence-corrected chi connectivity index (χ4v) is 5.85. The normalized spacial score (nSPS) is 15.2. The third kappa shape index (κ3) is 5.32. The molecule has 0 spiro atoms. The van der Waals surface area contributed by atoms with E-state index in [1.54, 1.807) is 6.07 Å². The molecule has 1 fully saturated rings. The standard InChI is InChI=1S/C24H23ClN4O4S/c25-21-10-19(23-16-28(17-24(30)31)15-20(23)13-26)11-22(12-21)34(32,33)29-8-6-27(7-9-29)14-18-4-2-1-3-5-18/h1-5,10-12,15-16H,6-9,14,17H2,(H,30,31). The summed E-state index contributed by atoms with van der Waals surface area (Å²) >= 11 is 6.27. The van der Waals surface area contributed by atoms with Crippen LogP contribution in [-0.2, 0) is 27.9 Å². The predicted molar refractivity (Wildman–Crippen MR) is 128 cm³/mol. The first kappa shape index (κ1) is 24.0. The molecule has 1 aromatic heterocycles. The number of nitriles is 1. The topological polar surface area (TPSA) is 107 Å². The molecule has 2 heterocycles. The lowest BCUT2D eigenvalue weighted by molar-refractivity contribution is -0.137. The van der Waals surface area contributed by atoms with Gasteiger partial charge in [-0.1, -0.05) is 41.9 Å². The fraction of sp³-hybridized carbons (Fsp3) is 0.250. The highest BCUT2D eigenvalue weighted by Gasteiger charge is 2.29. The van der Waals surface area contributed by atoms with Crippen molar-refractivity contribution >= 4 is 27.6 Å². The number of hydrogen-bond acceptors (Lipinski definition) is 5. The van der Waals surface area contributed by atoms with Crippen molar-refractivity contribution in [1.82, 2.24) is 13.8 Å². The number of aliphatic carboxylic acids is 1. The van der Waals surface area contributed by atoms with E-state index in [1.165, 1.54) is 39.0 Å². The van der Waals surface area contributed by atoms with Gasteiger partial charge < -0.3 is 9.67 Å². The Labute approximate surface area is 203 Å². The van der Waals surface area contributed by atoms with Crippen LogP contribution in [-0.4, -0.2) is 59.4 Å². The first-order valence-electron chi connectivity index (χ1n) is 10.7. The van der Waals surface area contributed by atoms with E-state index in [0.717, 1.165) is 6.54 Å². The molecule has 1 N–H and O–H groups in total. The molecule has 10 heteroatoms. The molecule has 3 aromatic rings. The molecular formula is C24H23ClN4O4S. The minimum absolute atomic E-state index is 0.0429. The number of nitrogens with zero attached hydrogens (tertiary/aromatic N) is 4. The Morgan fingerprint density at radius 2 is 1.76 bits per heavy atom. The van der Waals surface area contributed by atoms with Crippen LogP contribution in [0.15, 0.2) is 65.8 Å². The van der Waals surface area contributed by atoms with E-state index in [1.807, 2.05) is 24.3 Å². The average molecular weight is 499 g/mol. The van der Waals surface area contributed by atoms with Crippen LogP contribution in [0.5, 0.6) is 0 Å². The number of hydrogen-bond donors (Lipinski definition) is 1. The summed E-state index contributed by atoms with van der Waals surface area (Å²) in [6.07, 6.45) is 2.93. The number of carboxylic acid groups (broad SMARTS) is 1. The van der Waals surface area contributed by atoms with Crippen molar-refractivity contribution in [3.05, 3.63) is 77.1 Å². The van der Waals surface area contributed by atoms with Crippen LogP contribution in [0.25, 0.3) is 11.1 Å². The second kappa shape index (κ2) is 9.99. The Bertz CT molecular complexity index is 1340. The molecule has 1 aliphatic heterocycles. The Balaban J connectivity index is 1.55. The summed E-state index contributed by atoms with van der Waals surface area (Å²) in [5, 5.41) is 18.7. The summed E-state index contributed by atoms with van der Waals surface area (Å²) in [7, 11) is -3.80. The SMILES string of the molecule is N#Cc1cn(CC(=O)O)cc1-c1cc(Cl)cc(S(=O)(=O)N2CCN(Cc3ccccc3)CC2)c1. The molecule has 34 heavy (non-hydrogen) atoms. The van der Waals surface area contributed by atoms with Crippen molar-refractivity contribution in [3.8, 4) is 17.2 Å². The van der Waals surface area contributed by atoms with E-state index < -0.39 is 16.0 Å². The number of aromatic nitrogens is 1. The average Bonchev–Trinajstić information content (AvgIpc) is 3.22. The van der Waals surface area contributed by atoms with Crippen molar-refractivity contribution in [3.63, 3.8) is 0 Å². The number of carboxylic acids is 1. The maximum absolute atomic E-state index is 13.4. The van der Waals surface area contributed by atoms with E-state index >= 15 is 0 Å². The van der Waals surface area contributed by atoms with Crippen molar-refractivity contribution in [2.24, 2.45) is 0 Å². The van der Waals surface area contributed by atoms with Crippen LogP contribution >= 0.6 is 11.6 Å². The minimum Gasteiger partial charge on any atom is -0.480 e. The molecule has 4 rings (SSSR count). The van der Waals surface area contributed by atoms with E-state index in [9.17, 15) is 18.5 Å². The van der Waals surface area contributed by atoms with Crippen LogP contribution in [0.2, 0.25) is 5.02 Å². The Morgan fingerprint density at radius 1 is 1.06 bits per heavy atom. The van der Waals surface area contributed by atoms with Crippen LogP contribution in [0.1, 0.15) is 11.1 Å². The molecule has 1 aliphatic rings. The van der Waals surface area contributed by atoms with Gasteiger partial charge in [0, 0.05) is 55.7 Å². The van der Waals surface area contributed by atoms with Gasteiger partial charge in [-0.3, -0.25) is 9.69 Å². The highest BCUT2D eigenvalue weighted by atomic mass is 35.5. The summed E-state index contributed by atoms with van der Waals surface area (Å²) in [5.41, 5.74) is 2.28. The van der Waals surface area contributed by atoms with Gasteiger partial charge in [-0.05, 0) is 29.3 Å². The van der Waals surface area contributed by atoms with Crippen LogP contribution < -0.4 is 0 Å². The van der Waals surface area contributed by atoms with Gasteiger partial charge in [0.1, 0.15) is 12.6 Å². The van der Waals surface area contributed by atoms with E-state index in [-0.39, 0.29) is 22.0 Å². The first-order chi connectivity index (χ1) is 16.3. The van der Waals surface area contributed by atoms with Crippen LogP contribution in [0.3, 0.4) is 0 Å². The second-order valence-electron chi connectivity index (χ2n) is 8.10. The van der Waals surface area contributed by atoms with Gasteiger partial charge in [0.05, 0.1) is 10.5 Å². The quantitative estimate of drug-likeness (QED) is 0.535. The molecule has 2 aromatic carbocycles. The molecule has 0 aliphatic carbocycles. The number of piperazine rings is 1. The second-order valence-corrected chi connectivity index (χ2v) is 10.5. The summed E-state index contributed by atoms with van der Waals surface area (Å²) in [6.45, 7) is 2.38. The van der Waals surface area contributed by atoms with Gasteiger partial charge in [-0.15, -0.1) is 0 Å². The van der Waals surface area contributed by atoms with E-state index in [2.05, 4.69) is 17.0 Å². The van der Waals surface area contributed by atoms with Gasteiger partial charge in [0.25, 0.3) is 0 Å². The maximum atomic E-state index is 13.4. The first-order valence-corrected chi connectivity index (χ1v) is 12.5. The Hall–Kier alpha value is -3.16. The zero-order valence-corrected chi connectivity index (χ0v) is 19.8. The maximum Gasteiger partial charge on any atom is 0.323 e. The van der Waals surface area contributed by atoms with Gasteiger partial charge in [-0.25, -0.2) is 8.42 Å². The van der Waals surface area contributed by atoms with Crippen molar-refractivity contribution < 1.29 is 18.3 Å². The molecule has 8 nitrogen and oxygen atoms in total. The van der Waals surface area contributed by atoms with Gasteiger partial charge in [0.2, 0.25) is 10.0 Å². The molecule has 0 unspecified atom stereocenters. The minimum atomic E-state index is -3.80. The Kier molecular flexibility index (Phi) is 7.05. The van der Waals surface area contributed by atoms with Gasteiger partial charge in [-0.2, -0.15) is 9.57 Å². The number of halogens is 1. The summed E-state index contributed by atoms with van der Waals surface area (Å²) in [6, 6.07) is 16.5. The van der Waals surface area contributed by atoms with Crippen molar-refractivity contribution in [1.29, 1.82) is 5.26 Å². The molecule has 0 amide bonds. The van der Waals surface area contributed by atoms with Gasteiger partial charge >= 0.3 is 5.97 Å². The lowest BCUT2D eigenvalue weighted by Gasteiger charge is -2.34. The smallest absolute Gasteiger partial charge is 0.323 e. The lowest BCUT2D eigenvalue weighted by atomic mass is 10.1. The zero-order valence-electron chi connectivity index (χ0n) is 18.3. The molecule has 0 radical (unpaired) electrons. The highest BCUT2D eigenvalue weighted by molar-refractivity contribution is 7.89. The largest absolute Gasteiger partial charge is 0.480 e. The van der Waals surface area contributed by atoms with Crippen LogP contribution in [0.4, 0.5) is 0 Å². The molecule has 176 valence electrons. The Morgan fingerprint density at radius 3 is 2.41 bits per heavy atom. The summed E-state index contributed by atoms with van der Waals surface area (Å²) in [4.78, 5) is 13.3. The number of carbonyl (C=O) groups is 1. The third-order valence-corrected chi connectivity index (χ3v) is 7.81. The molecule has 0 atom stereocenters. The van der Waals surface area contributed by atoms with E-state index in [4.69, 9.17) is 16.7 Å². The molecule has 1 saturated heterocycles. The molecule has 0 bridgehead atoms. The van der Waals surface area contributed by atoms with E-state index in [0.29, 0.717) is 37.3 Å². The van der Waals surface area contributed by atoms with Crippen molar-refractivity contribution in [2.45, 2.75) is 18.0 Å². The summed E-state index contributed by atoms with van der Waals surface area (Å²) < 4.78 is 29.6. The third-order valence-electron chi connectivity index (χ3n) is 5.72.